The number of fused-ring (bicyclic) bond motifs is 1. The van der Waals surface area contributed by atoms with Crippen LogP contribution in [0, 0.1) is 12.8 Å². The number of hydrogen-bond acceptors (Lipinski definition) is 7. The van der Waals surface area contributed by atoms with Gasteiger partial charge < -0.3 is 9.47 Å². The summed E-state index contributed by atoms with van der Waals surface area (Å²) in [5.74, 6) is -2.26. The topological polar surface area (TPSA) is 97.3 Å². The number of nitrogens with one attached hydrogen (secondary N) is 1. The first kappa shape index (κ1) is 20.6. The van der Waals surface area contributed by atoms with Crippen LogP contribution in [0.25, 0.3) is 0 Å². The average Bonchev–Trinajstić information content (AvgIpc) is 3.26. The molecule has 160 valence electrons. The lowest BCUT2D eigenvalue weighted by Gasteiger charge is -2.26. The van der Waals surface area contributed by atoms with E-state index in [0.29, 0.717) is 23.6 Å². The van der Waals surface area contributed by atoms with E-state index in [4.69, 9.17) is 9.47 Å². The van der Waals surface area contributed by atoms with Gasteiger partial charge in [0, 0.05) is 0 Å². The third kappa shape index (κ3) is 3.15. The molecule has 2 aromatic rings. The minimum absolute atomic E-state index is 0.103. The number of carbonyl (C=O) groups is 3. The van der Waals surface area contributed by atoms with Crippen molar-refractivity contribution in [2.75, 3.05) is 18.1 Å². The highest BCUT2D eigenvalue weighted by Crippen LogP contribution is 2.45. The van der Waals surface area contributed by atoms with Crippen molar-refractivity contribution in [2.45, 2.75) is 26.3 Å². The Kier molecular flexibility index (Phi) is 5.22. The van der Waals surface area contributed by atoms with Gasteiger partial charge in [0.15, 0.2) is 11.3 Å². The third-order valence-corrected chi connectivity index (χ3v) is 5.46. The van der Waals surface area contributed by atoms with Gasteiger partial charge in [-0.2, -0.15) is 5.10 Å². The molecule has 2 unspecified atom stereocenters. The van der Waals surface area contributed by atoms with Crippen LogP contribution < -0.4 is 15.1 Å². The van der Waals surface area contributed by atoms with Crippen LogP contribution in [-0.2, 0) is 24.7 Å². The van der Waals surface area contributed by atoms with Gasteiger partial charge in [0.25, 0.3) is 5.91 Å². The second kappa shape index (κ2) is 7.86. The van der Waals surface area contributed by atoms with Crippen LogP contribution in [0.3, 0.4) is 0 Å². The van der Waals surface area contributed by atoms with Gasteiger partial charge in [0.1, 0.15) is 11.7 Å². The van der Waals surface area contributed by atoms with E-state index in [9.17, 15) is 14.4 Å². The Morgan fingerprint density at radius 3 is 2.35 bits per heavy atom. The SMILES string of the molecule is CCOC(=O)C1=NNC2(c3ccc(C)cc3)C(=O)N(c3ccc(OCC)cc3)C(=O)C12. The van der Waals surface area contributed by atoms with Crippen LogP contribution in [0.2, 0.25) is 0 Å². The number of imide groups is 1. The third-order valence-electron chi connectivity index (χ3n) is 5.46. The number of anilines is 1. The Labute approximate surface area is 179 Å². The number of benzene rings is 2. The van der Waals surface area contributed by atoms with Crippen molar-refractivity contribution in [3.63, 3.8) is 0 Å². The number of hydrazone groups is 1. The molecule has 8 heteroatoms. The molecule has 2 aliphatic rings. The van der Waals surface area contributed by atoms with Crippen LogP contribution in [0.5, 0.6) is 5.75 Å². The number of ether oxygens (including phenoxy) is 2. The number of rotatable bonds is 6. The van der Waals surface area contributed by atoms with Crippen molar-refractivity contribution >= 4 is 29.2 Å². The summed E-state index contributed by atoms with van der Waals surface area (Å²) in [6.45, 7) is 6.10. The van der Waals surface area contributed by atoms with E-state index in [1.807, 2.05) is 26.0 Å². The second-order valence-corrected chi connectivity index (χ2v) is 7.34. The number of nitrogens with zero attached hydrogens (tertiary/aromatic N) is 2. The van der Waals surface area contributed by atoms with Crippen LogP contribution in [0.4, 0.5) is 5.69 Å². The zero-order chi connectivity index (χ0) is 22.2. The standard InChI is InChI=1S/C23H23N3O5/c1-4-30-17-12-10-16(11-13-17)26-20(27)18-19(21(28)31-5-2)24-25-23(18,22(26)29)15-8-6-14(3)7-9-15/h6-13,18,25H,4-5H2,1-3H3. The lowest BCUT2D eigenvalue weighted by molar-refractivity contribution is -0.136. The molecule has 2 aliphatic heterocycles. The molecule has 2 aromatic carbocycles. The van der Waals surface area contributed by atoms with Crippen molar-refractivity contribution < 1.29 is 23.9 Å². The van der Waals surface area contributed by atoms with Gasteiger partial charge >= 0.3 is 5.97 Å². The lowest BCUT2D eigenvalue weighted by atomic mass is 9.78. The number of esters is 1. The minimum atomic E-state index is -1.51. The van der Waals surface area contributed by atoms with Gasteiger partial charge in [-0.25, -0.2) is 9.69 Å². The summed E-state index contributed by atoms with van der Waals surface area (Å²) in [6.07, 6.45) is 0. The molecule has 8 nitrogen and oxygen atoms in total. The van der Waals surface area contributed by atoms with Crippen molar-refractivity contribution in [1.29, 1.82) is 0 Å². The number of amides is 2. The zero-order valence-corrected chi connectivity index (χ0v) is 17.5. The summed E-state index contributed by atoms with van der Waals surface area (Å²) in [4.78, 5) is 40.9. The molecule has 1 saturated heterocycles. The van der Waals surface area contributed by atoms with E-state index in [1.165, 1.54) is 0 Å². The number of hydrogen-bond donors (Lipinski definition) is 1. The highest BCUT2D eigenvalue weighted by molar-refractivity contribution is 6.47. The largest absolute Gasteiger partial charge is 0.494 e. The monoisotopic (exact) mass is 421 g/mol. The Morgan fingerprint density at radius 2 is 1.74 bits per heavy atom. The van der Waals surface area contributed by atoms with E-state index < -0.39 is 29.2 Å². The number of carbonyl (C=O) groups excluding carboxylic acids is 3. The van der Waals surface area contributed by atoms with Gasteiger partial charge in [-0.1, -0.05) is 29.8 Å². The molecule has 31 heavy (non-hydrogen) atoms. The molecular formula is C23H23N3O5. The zero-order valence-electron chi connectivity index (χ0n) is 17.5. The molecule has 2 heterocycles. The van der Waals surface area contributed by atoms with Crippen molar-refractivity contribution in [2.24, 2.45) is 11.0 Å². The molecule has 2 amide bonds. The molecule has 1 fully saturated rings. The summed E-state index contributed by atoms with van der Waals surface area (Å²) in [6, 6.07) is 13.9. The molecular weight excluding hydrogens is 398 g/mol. The van der Waals surface area contributed by atoms with E-state index in [-0.39, 0.29) is 12.3 Å². The van der Waals surface area contributed by atoms with E-state index in [0.717, 1.165) is 10.5 Å². The summed E-state index contributed by atoms with van der Waals surface area (Å²) >= 11 is 0. The van der Waals surface area contributed by atoms with Crippen LogP contribution >= 0.6 is 0 Å². The van der Waals surface area contributed by atoms with Crippen molar-refractivity contribution in [3.8, 4) is 5.75 Å². The predicted octanol–water partition coefficient (Wildman–Crippen LogP) is 2.30. The molecule has 2 atom stereocenters. The van der Waals surface area contributed by atoms with Crippen LogP contribution in [0.15, 0.2) is 53.6 Å². The molecule has 0 radical (unpaired) electrons. The molecule has 0 aliphatic carbocycles. The first-order chi connectivity index (χ1) is 14.9. The van der Waals surface area contributed by atoms with E-state index in [1.54, 1.807) is 43.3 Å². The summed E-state index contributed by atoms with van der Waals surface area (Å²) in [5, 5.41) is 4.08. The Hall–Kier alpha value is -3.68. The highest BCUT2D eigenvalue weighted by atomic mass is 16.5. The van der Waals surface area contributed by atoms with Crippen molar-refractivity contribution in [1.82, 2.24) is 5.43 Å². The van der Waals surface area contributed by atoms with E-state index in [2.05, 4.69) is 10.5 Å². The quantitative estimate of drug-likeness (QED) is 0.568. The van der Waals surface area contributed by atoms with Crippen LogP contribution in [0.1, 0.15) is 25.0 Å². The minimum Gasteiger partial charge on any atom is -0.494 e. The molecule has 0 bridgehead atoms. The highest BCUT2D eigenvalue weighted by Gasteiger charge is 2.67. The molecule has 0 spiro atoms. The van der Waals surface area contributed by atoms with Gasteiger partial charge in [0.05, 0.1) is 18.9 Å². The van der Waals surface area contributed by atoms with Gasteiger partial charge in [-0.3, -0.25) is 15.0 Å². The average molecular weight is 421 g/mol. The van der Waals surface area contributed by atoms with E-state index >= 15 is 0 Å². The molecule has 0 aromatic heterocycles. The summed E-state index contributed by atoms with van der Waals surface area (Å²) in [5.41, 5.74) is 3.16. The lowest BCUT2D eigenvalue weighted by Crippen LogP contribution is -2.48. The maximum Gasteiger partial charge on any atom is 0.355 e. The van der Waals surface area contributed by atoms with Gasteiger partial charge in [-0.05, 0) is 50.6 Å². The first-order valence-electron chi connectivity index (χ1n) is 10.1. The van der Waals surface area contributed by atoms with Gasteiger partial charge in [0.2, 0.25) is 5.91 Å². The summed E-state index contributed by atoms with van der Waals surface area (Å²) < 4.78 is 10.5. The first-order valence-corrected chi connectivity index (χ1v) is 10.1. The number of aryl methyl sites for hydroxylation is 1. The summed E-state index contributed by atoms with van der Waals surface area (Å²) in [7, 11) is 0. The predicted molar refractivity (Wildman–Crippen MR) is 114 cm³/mol. The fourth-order valence-electron chi connectivity index (χ4n) is 4.00. The van der Waals surface area contributed by atoms with Crippen molar-refractivity contribution in [3.05, 3.63) is 59.7 Å². The Bertz CT molecular complexity index is 1060. The van der Waals surface area contributed by atoms with Gasteiger partial charge in [-0.15, -0.1) is 0 Å². The smallest absolute Gasteiger partial charge is 0.355 e. The Balaban J connectivity index is 1.80. The fourth-order valence-corrected chi connectivity index (χ4v) is 4.00. The maximum absolute atomic E-state index is 13.7. The Morgan fingerprint density at radius 1 is 1.06 bits per heavy atom. The fraction of sp³-hybridized carbons (Fsp3) is 0.304. The maximum atomic E-state index is 13.7. The molecule has 1 N–H and O–H groups in total. The van der Waals surface area contributed by atoms with Crippen LogP contribution in [-0.4, -0.2) is 36.7 Å². The normalized spacial score (nSPS) is 22.1. The second-order valence-electron chi connectivity index (χ2n) is 7.34. The molecule has 0 saturated carbocycles. The molecule has 4 rings (SSSR count).